The minimum absolute atomic E-state index is 0.0282. The third kappa shape index (κ3) is 3.28. The van der Waals surface area contributed by atoms with Crippen LogP contribution in [-0.2, 0) is 19.5 Å². The van der Waals surface area contributed by atoms with Gasteiger partial charge in [0.2, 0.25) is 0 Å². The highest BCUT2D eigenvalue weighted by Gasteiger charge is 2.16. The smallest absolute Gasteiger partial charge is 0.166 e. The summed E-state index contributed by atoms with van der Waals surface area (Å²) in [4.78, 5) is 12.0. The second-order valence-electron chi connectivity index (χ2n) is 5.47. The number of aryl methyl sites for hydroxylation is 2. The van der Waals surface area contributed by atoms with E-state index in [1.165, 1.54) is 0 Å². The van der Waals surface area contributed by atoms with Crippen molar-refractivity contribution in [2.24, 2.45) is 5.92 Å². The first-order chi connectivity index (χ1) is 9.97. The standard InChI is InChI=1S/C16H22BrN3O/c1-5-13-15(17)14(20(6-2)18-13)10-19-8-7-12(9-19)16(21)11(3)4/h7-9,11H,5-6,10H2,1-4H3. The van der Waals surface area contributed by atoms with Crippen LogP contribution in [-0.4, -0.2) is 20.1 Å². The van der Waals surface area contributed by atoms with E-state index in [0.29, 0.717) is 6.54 Å². The molecular formula is C16H22BrN3O. The van der Waals surface area contributed by atoms with Crippen LogP contribution < -0.4 is 0 Å². The molecule has 4 nitrogen and oxygen atoms in total. The van der Waals surface area contributed by atoms with Gasteiger partial charge in [-0.05, 0) is 35.3 Å². The van der Waals surface area contributed by atoms with Crippen LogP contribution in [0.2, 0.25) is 0 Å². The van der Waals surface area contributed by atoms with E-state index in [2.05, 4.69) is 34.9 Å². The third-order valence-corrected chi connectivity index (χ3v) is 4.50. The van der Waals surface area contributed by atoms with Crippen LogP contribution in [0.4, 0.5) is 0 Å². The van der Waals surface area contributed by atoms with Gasteiger partial charge in [-0.15, -0.1) is 0 Å². The number of nitrogens with zero attached hydrogens (tertiary/aromatic N) is 3. The summed E-state index contributed by atoms with van der Waals surface area (Å²) in [5.41, 5.74) is 3.00. The number of rotatable bonds is 6. The Bertz CT molecular complexity index is 640. The lowest BCUT2D eigenvalue weighted by Gasteiger charge is -2.07. The highest BCUT2D eigenvalue weighted by Crippen LogP contribution is 2.23. The predicted octanol–water partition coefficient (Wildman–Crippen LogP) is 3.92. The maximum absolute atomic E-state index is 12.0. The molecule has 2 aromatic rings. The Labute approximate surface area is 134 Å². The van der Waals surface area contributed by atoms with Crippen molar-refractivity contribution in [3.63, 3.8) is 0 Å². The van der Waals surface area contributed by atoms with Crippen LogP contribution >= 0.6 is 15.9 Å². The molecular weight excluding hydrogens is 330 g/mol. The molecule has 0 atom stereocenters. The predicted molar refractivity (Wildman–Crippen MR) is 87.7 cm³/mol. The van der Waals surface area contributed by atoms with Crippen LogP contribution in [0.25, 0.3) is 0 Å². The number of ketones is 1. The van der Waals surface area contributed by atoms with E-state index < -0.39 is 0 Å². The quantitative estimate of drug-likeness (QED) is 0.740. The summed E-state index contributed by atoms with van der Waals surface area (Å²) < 4.78 is 5.15. The molecule has 0 saturated heterocycles. The molecule has 0 spiro atoms. The Kier molecular flexibility index (Phi) is 5.04. The normalized spacial score (nSPS) is 11.3. The highest BCUT2D eigenvalue weighted by molar-refractivity contribution is 9.10. The summed E-state index contributed by atoms with van der Waals surface area (Å²) in [5, 5.41) is 4.60. The van der Waals surface area contributed by atoms with E-state index in [1.807, 2.05) is 41.6 Å². The topological polar surface area (TPSA) is 39.8 Å². The van der Waals surface area contributed by atoms with Crippen molar-refractivity contribution < 1.29 is 4.79 Å². The lowest BCUT2D eigenvalue weighted by molar-refractivity contribution is 0.0939. The first kappa shape index (κ1) is 16.0. The molecule has 0 aliphatic carbocycles. The Hall–Kier alpha value is -1.36. The Morgan fingerprint density at radius 2 is 2.10 bits per heavy atom. The van der Waals surface area contributed by atoms with Gasteiger partial charge in [0.25, 0.3) is 0 Å². The van der Waals surface area contributed by atoms with E-state index in [4.69, 9.17) is 0 Å². The van der Waals surface area contributed by atoms with E-state index in [9.17, 15) is 4.79 Å². The molecule has 0 fully saturated rings. The fraction of sp³-hybridized carbons (Fsp3) is 0.500. The molecule has 0 unspecified atom stereocenters. The second-order valence-corrected chi connectivity index (χ2v) is 6.26. The minimum Gasteiger partial charge on any atom is -0.348 e. The van der Waals surface area contributed by atoms with Crippen molar-refractivity contribution in [3.05, 3.63) is 39.9 Å². The fourth-order valence-electron chi connectivity index (χ4n) is 2.36. The zero-order valence-corrected chi connectivity index (χ0v) is 14.6. The maximum Gasteiger partial charge on any atom is 0.166 e. The molecule has 0 aliphatic rings. The summed E-state index contributed by atoms with van der Waals surface area (Å²) in [7, 11) is 0. The molecule has 0 amide bonds. The Morgan fingerprint density at radius 3 is 2.67 bits per heavy atom. The van der Waals surface area contributed by atoms with Gasteiger partial charge in [-0.1, -0.05) is 20.8 Å². The second kappa shape index (κ2) is 6.60. The molecule has 0 saturated carbocycles. The van der Waals surface area contributed by atoms with E-state index in [1.54, 1.807) is 0 Å². The number of halogens is 1. The number of hydrogen-bond donors (Lipinski definition) is 0. The Morgan fingerprint density at radius 1 is 1.38 bits per heavy atom. The molecule has 2 heterocycles. The highest BCUT2D eigenvalue weighted by atomic mass is 79.9. The zero-order valence-electron chi connectivity index (χ0n) is 13.1. The number of aromatic nitrogens is 3. The van der Waals surface area contributed by atoms with Crippen LogP contribution in [0.3, 0.4) is 0 Å². The average molecular weight is 352 g/mol. The van der Waals surface area contributed by atoms with Crippen molar-refractivity contribution in [2.45, 2.75) is 47.2 Å². The van der Waals surface area contributed by atoms with Crippen LogP contribution in [0.15, 0.2) is 22.9 Å². The molecule has 0 aliphatic heterocycles. The van der Waals surface area contributed by atoms with Crippen molar-refractivity contribution in [2.75, 3.05) is 0 Å². The van der Waals surface area contributed by atoms with Crippen molar-refractivity contribution in [1.29, 1.82) is 0 Å². The zero-order chi connectivity index (χ0) is 15.6. The molecule has 2 rings (SSSR count). The maximum atomic E-state index is 12.0. The average Bonchev–Trinajstić information content (AvgIpc) is 3.04. The molecule has 5 heteroatoms. The minimum atomic E-state index is 0.0282. The summed E-state index contributed by atoms with van der Waals surface area (Å²) in [6.45, 7) is 9.60. The van der Waals surface area contributed by atoms with E-state index in [0.717, 1.165) is 34.4 Å². The van der Waals surface area contributed by atoms with Gasteiger partial charge in [0.1, 0.15) is 0 Å². The number of carbonyl (C=O) groups is 1. The Balaban J connectivity index is 2.27. The SMILES string of the molecule is CCc1nn(CC)c(Cn2ccc(C(=O)C(C)C)c2)c1Br. The largest absolute Gasteiger partial charge is 0.348 e. The lowest BCUT2D eigenvalue weighted by Crippen LogP contribution is -2.08. The van der Waals surface area contributed by atoms with E-state index >= 15 is 0 Å². The van der Waals surface area contributed by atoms with Crippen molar-refractivity contribution in [1.82, 2.24) is 14.3 Å². The summed E-state index contributed by atoms with van der Waals surface area (Å²) in [5.74, 6) is 0.214. The molecule has 114 valence electrons. The summed E-state index contributed by atoms with van der Waals surface area (Å²) in [6, 6.07) is 1.89. The van der Waals surface area contributed by atoms with Gasteiger partial charge in [-0.3, -0.25) is 9.48 Å². The van der Waals surface area contributed by atoms with Crippen molar-refractivity contribution >= 4 is 21.7 Å². The van der Waals surface area contributed by atoms with Gasteiger partial charge in [-0.2, -0.15) is 5.10 Å². The van der Waals surface area contributed by atoms with Gasteiger partial charge in [-0.25, -0.2) is 0 Å². The summed E-state index contributed by atoms with van der Waals surface area (Å²) in [6.07, 6.45) is 4.79. The van der Waals surface area contributed by atoms with Gasteiger partial charge in [0.05, 0.1) is 22.4 Å². The molecule has 2 aromatic heterocycles. The third-order valence-electron chi connectivity index (χ3n) is 3.59. The summed E-state index contributed by atoms with van der Waals surface area (Å²) >= 11 is 3.66. The number of hydrogen-bond acceptors (Lipinski definition) is 2. The monoisotopic (exact) mass is 351 g/mol. The van der Waals surface area contributed by atoms with Crippen LogP contribution in [0.5, 0.6) is 0 Å². The molecule has 0 bridgehead atoms. The van der Waals surface area contributed by atoms with Gasteiger partial charge < -0.3 is 4.57 Å². The van der Waals surface area contributed by atoms with Crippen molar-refractivity contribution in [3.8, 4) is 0 Å². The van der Waals surface area contributed by atoms with Crippen LogP contribution in [0, 0.1) is 5.92 Å². The first-order valence-corrected chi connectivity index (χ1v) is 8.21. The van der Waals surface area contributed by atoms with Crippen LogP contribution in [0.1, 0.15) is 49.4 Å². The number of Topliss-reactive ketones (excluding diaryl/α,β-unsaturated/α-hetero) is 1. The number of carbonyl (C=O) groups excluding carboxylic acids is 1. The lowest BCUT2D eigenvalue weighted by atomic mass is 10.0. The first-order valence-electron chi connectivity index (χ1n) is 7.41. The molecule has 0 aromatic carbocycles. The fourth-order valence-corrected chi connectivity index (χ4v) is 3.05. The van der Waals surface area contributed by atoms with Gasteiger partial charge in [0.15, 0.2) is 5.78 Å². The molecule has 0 N–H and O–H groups in total. The van der Waals surface area contributed by atoms with Gasteiger partial charge >= 0.3 is 0 Å². The van der Waals surface area contributed by atoms with Gasteiger partial charge in [0, 0.05) is 30.4 Å². The molecule has 0 radical (unpaired) electrons. The molecule has 21 heavy (non-hydrogen) atoms. The van der Waals surface area contributed by atoms with E-state index in [-0.39, 0.29) is 11.7 Å².